The quantitative estimate of drug-likeness (QED) is 0.444. The van der Waals surface area contributed by atoms with Gasteiger partial charge in [-0.15, -0.1) is 0 Å². The maximum absolute atomic E-state index is 5.86. The van der Waals surface area contributed by atoms with Gasteiger partial charge in [0.25, 0.3) is 0 Å². The van der Waals surface area contributed by atoms with Gasteiger partial charge in [-0.2, -0.15) is 5.10 Å². The first-order valence-electron chi connectivity index (χ1n) is 10.2. The number of hydrogen-bond donors (Lipinski definition) is 2. The molecule has 0 amide bonds. The lowest BCUT2D eigenvalue weighted by atomic mass is 10.1. The summed E-state index contributed by atoms with van der Waals surface area (Å²) in [6.07, 6.45) is 0. The molecule has 0 saturated carbocycles. The third-order valence-electron chi connectivity index (χ3n) is 5.15. The number of guanidine groups is 1. The Balaban J connectivity index is 1.48. The summed E-state index contributed by atoms with van der Waals surface area (Å²) in [5, 5.41) is 11.2. The summed E-state index contributed by atoms with van der Waals surface area (Å²) < 4.78 is 7.77. The Bertz CT molecular complexity index is 979. The number of ether oxygens (including phenoxy) is 1. The van der Waals surface area contributed by atoms with Crippen LogP contribution in [-0.2, 0) is 38.1 Å². The first kappa shape index (κ1) is 21.6. The highest BCUT2D eigenvalue weighted by Gasteiger charge is 2.09. The van der Waals surface area contributed by atoms with Crippen LogP contribution < -0.4 is 10.6 Å². The molecule has 158 valence electrons. The van der Waals surface area contributed by atoms with E-state index in [0.717, 1.165) is 17.2 Å². The number of aryl methyl sites for hydroxylation is 2. The Morgan fingerprint density at radius 2 is 1.60 bits per heavy atom. The van der Waals surface area contributed by atoms with E-state index in [1.54, 1.807) is 7.05 Å². The van der Waals surface area contributed by atoms with Crippen LogP contribution in [0.3, 0.4) is 0 Å². The second-order valence-corrected chi connectivity index (χ2v) is 7.35. The Morgan fingerprint density at radius 1 is 0.933 bits per heavy atom. The lowest BCUT2D eigenvalue weighted by molar-refractivity contribution is 0.107. The van der Waals surface area contributed by atoms with E-state index in [2.05, 4.69) is 64.0 Å². The predicted octanol–water partition coefficient (Wildman–Crippen LogP) is 3.62. The second kappa shape index (κ2) is 10.6. The number of nitrogens with one attached hydrogen (secondary N) is 2. The first-order valence-corrected chi connectivity index (χ1v) is 10.2. The van der Waals surface area contributed by atoms with E-state index in [-0.39, 0.29) is 0 Å². The van der Waals surface area contributed by atoms with Gasteiger partial charge in [0.2, 0.25) is 0 Å². The van der Waals surface area contributed by atoms with Crippen LogP contribution in [0.25, 0.3) is 0 Å². The van der Waals surface area contributed by atoms with Crippen LogP contribution in [0, 0.1) is 13.8 Å². The molecule has 3 rings (SSSR count). The minimum absolute atomic E-state index is 0.593. The smallest absolute Gasteiger partial charge is 0.191 e. The molecule has 6 nitrogen and oxygen atoms in total. The van der Waals surface area contributed by atoms with Gasteiger partial charge in [-0.05, 0) is 30.5 Å². The van der Waals surface area contributed by atoms with Crippen LogP contribution in [0.1, 0.15) is 33.6 Å². The summed E-state index contributed by atoms with van der Waals surface area (Å²) >= 11 is 0. The average molecular weight is 406 g/mol. The van der Waals surface area contributed by atoms with Crippen LogP contribution in [0.5, 0.6) is 0 Å². The first-order chi connectivity index (χ1) is 14.6. The van der Waals surface area contributed by atoms with Crippen LogP contribution in [-0.4, -0.2) is 22.8 Å². The molecule has 0 unspecified atom stereocenters. The van der Waals surface area contributed by atoms with Crippen molar-refractivity contribution in [2.24, 2.45) is 12.0 Å². The van der Waals surface area contributed by atoms with E-state index in [1.807, 2.05) is 36.9 Å². The summed E-state index contributed by atoms with van der Waals surface area (Å²) in [5.41, 5.74) is 6.95. The van der Waals surface area contributed by atoms with E-state index in [0.29, 0.717) is 26.3 Å². The average Bonchev–Trinajstić information content (AvgIpc) is 3.00. The van der Waals surface area contributed by atoms with Gasteiger partial charge in [-0.25, -0.2) is 0 Å². The molecule has 6 heteroatoms. The molecule has 0 spiro atoms. The van der Waals surface area contributed by atoms with Crippen molar-refractivity contribution in [3.8, 4) is 0 Å². The molecule has 2 aromatic carbocycles. The number of aromatic nitrogens is 2. The Hall–Kier alpha value is -3.12. The van der Waals surface area contributed by atoms with Crippen molar-refractivity contribution in [3.63, 3.8) is 0 Å². The highest BCUT2D eigenvalue weighted by atomic mass is 16.5. The largest absolute Gasteiger partial charge is 0.372 e. The molecule has 1 heterocycles. The van der Waals surface area contributed by atoms with Gasteiger partial charge < -0.3 is 15.4 Å². The van der Waals surface area contributed by atoms with Crippen LogP contribution in [0.4, 0.5) is 0 Å². The number of nitrogens with zero attached hydrogens (tertiary/aromatic N) is 3. The zero-order valence-corrected chi connectivity index (χ0v) is 18.3. The number of benzene rings is 2. The summed E-state index contributed by atoms with van der Waals surface area (Å²) in [7, 11) is 3.75. The highest BCUT2D eigenvalue weighted by molar-refractivity contribution is 5.79. The van der Waals surface area contributed by atoms with Crippen molar-refractivity contribution < 1.29 is 4.74 Å². The van der Waals surface area contributed by atoms with Gasteiger partial charge in [-0.3, -0.25) is 9.67 Å². The summed E-state index contributed by atoms with van der Waals surface area (Å²) in [6.45, 7) is 6.71. The Morgan fingerprint density at radius 3 is 2.30 bits per heavy atom. The van der Waals surface area contributed by atoms with Gasteiger partial charge in [0.15, 0.2) is 5.96 Å². The maximum Gasteiger partial charge on any atom is 0.191 e. The SMILES string of the molecule is CN=C(NCc1cccc(COCc2ccccc2)c1)NCc1c(C)nn(C)c1C. The van der Waals surface area contributed by atoms with Crippen molar-refractivity contribution in [2.75, 3.05) is 7.05 Å². The standard InChI is InChI=1S/C24H31N5O/c1-18-23(19(2)29(4)28-18)15-27-24(25-3)26-14-21-11-8-12-22(13-21)17-30-16-20-9-6-5-7-10-20/h5-13H,14-17H2,1-4H3,(H2,25,26,27). The van der Waals surface area contributed by atoms with Gasteiger partial charge >= 0.3 is 0 Å². The van der Waals surface area contributed by atoms with Crippen LogP contribution in [0.15, 0.2) is 59.6 Å². The summed E-state index contributed by atoms with van der Waals surface area (Å²) in [6, 6.07) is 18.7. The molecule has 0 aliphatic carbocycles. The molecular weight excluding hydrogens is 374 g/mol. The van der Waals surface area contributed by atoms with E-state index in [4.69, 9.17) is 4.74 Å². The van der Waals surface area contributed by atoms with Crippen molar-refractivity contribution >= 4 is 5.96 Å². The fourth-order valence-corrected chi connectivity index (χ4v) is 3.34. The molecule has 0 fully saturated rings. The van der Waals surface area contributed by atoms with Crippen molar-refractivity contribution in [2.45, 2.75) is 40.2 Å². The van der Waals surface area contributed by atoms with Gasteiger partial charge in [0.1, 0.15) is 0 Å². The monoisotopic (exact) mass is 405 g/mol. The molecule has 0 bridgehead atoms. The lowest BCUT2D eigenvalue weighted by Crippen LogP contribution is -2.36. The number of hydrogen-bond acceptors (Lipinski definition) is 3. The van der Waals surface area contributed by atoms with E-state index >= 15 is 0 Å². The van der Waals surface area contributed by atoms with E-state index < -0.39 is 0 Å². The number of rotatable bonds is 8. The molecule has 1 aromatic heterocycles. The van der Waals surface area contributed by atoms with E-state index in [1.165, 1.54) is 22.4 Å². The molecule has 0 saturated heterocycles. The lowest BCUT2D eigenvalue weighted by Gasteiger charge is -2.13. The van der Waals surface area contributed by atoms with Crippen molar-refractivity contribution in [3.05, 3.63) is 88.2 Å². The molecular formula is C24H31N5O. The molecule has 0 aliphatic heterocycles. The van der Waals surface area contributed by atoms with Crippen LogP contribution >= 0.6 is 0 Å². The third-order valence-corrected chi connectivity index (χ3v) is 5.15. The molecule has 30 heavy (non-hydrogen) atoms. The van der Waals surface area contributed by atoms with Gasteiger partial charge in [0.05, 0.1) is 18.9 Å². The Kier molecular flexibility index (Phi) is 7.63. The fraction of sp³-hybridized carbons (Fsp3) is 0.333. The van der Waals surface area contributed by atoms with E-state index in [9.17, 15) is 0 Å². The van der Waals surface area contributed by atoms with Crippen molar-refractivity contribution in [1.82, 2.24) is 20.4 Å². The molecule has 2 N–H and O–H groups in total. The normalized spacial score (nSPS) is 11.5. The predicted molar refractivity (Wildman–Crippen MR) is 121 cm³/mol. The number of aliphatic imine (C=N–C) groups is 1. The zero-order valence-electron chi connectivity index (χ0n) is 18.3. The topological polar surface area (TPSA) is 63.5 Å². The van der Waals surface area contributed by atoms with Crippen molar-refractivity contribution in [1.29, 1.82) is 0 Å². The summed E-state index contributed by atoms with van der Waals surface area (Å²) in [4.78, 5) is 4.33. The second-order valence-electron chi connectivity index (χ2n) is 7.35. The van der Waals surface area contributed by atoms with Crippen LogP contribution in [0.2, 0.25) is 0 Å². The molecule has 0 aliphatic rings. The van der Waals surface area contributed by atoms with Gasteiger partial charge in [0, 0.05) is 38.4 Å². The fourth-order valence-electron chi connectivity index (χ4n) is 3.34. The highest BCUT2D eigenvalue weighted by Crippen LogP contribution is 2.11. The summed E-state index contributed by atoms with van der Waals surface area (Å²) in [5.74, 6) is 0.767. The Labute approximate surface area is 179 Å². The minimum atomic E-state index is 0.593. The molecule has 0 radical (unpaired) electrons. The molecule has 3 aromatic rings. The van der Waals surface area contributed by atoms with Gasteiger partial charge in [-0.1, -0.05) is 54.6 Å². The third kappa shape index (κ3) is 5.94. The zero-order chi connectivity index (χ0) is 21.3. The maximum atomic E-state index is 5.86. The minimum Gasteiger partial charge on any atom is -0.372 e. The molecule has 0 atom stereocenters.